The van der Waals surface area contributed by atoms with Crippen molar-refractivity contribution in [3.8, 4) is 0 Å². The molecule has 1 aliphatic rings. The minimum Gasteiger partial charge on any atom is -0.350 e. The maximum Gasteiger partial charge on any atom is 0.417 e. The summed E-state index contributed by atoms with van der Waals surface area (Å²) in [5.74, 6) is -0.670. The number of benzene rings is 3. The number of hydrogen-bond donors (Lipinski definition) is 1. The lowest BCUT2D eigenvalue weighted by Gasteiger charge is -2.26. The number of hydrogen-bond acceptors (Lipinski definition) is 4. The first kappa shape index (κ1) is 29.9. The lowest BCUT2D eigenvalue weighted by Crippen LogP contribution is -2.40. The van der Waals surface area contributed by atoms with Crippen molar-refractivity contribution in [3.63, 3.8) is 0 Å². The highest BCUT2D eigenvalue weighted by Gasteiger charge is 2.35. The summed E-state index contributed by atoms with van der Waals surface area (Å²) in [5.41, 5.74) is 1.26. The van der Waals surface area contributed by atoms with Gasteiger partial charge >= 0.3 is 6.18 Å². The zero-order chi connectivity index (χ0) is 28.9. The monoisotopic (exact) mass is 593 g/mol. The number of amides is 1. The summed E-state index contributed by atoms with van der Waals surface area (Å²) in [7, 11) is -4.39. The van der Waals surface area contributed by atoms with Crippen molar-refractivity contribution >= 4 is 33.2 Å². The van der Waals surface area contributed by atoms with Crippen LogP contribution in [-0.4, -0.2) is 38.9 Å². The molecule has 0 aliphatic carbocycles. The molecule has 40 heavy (non-hydrogen) atoms. The van der Waals surface area contributed by atoms with Crippen LogP contribution < -0.4 is 9.62 Å². The molecule has 0 bridgehead atoms. The Morgan fingerprint density at radius 1 is 0.950 bits per heavy atom. The molecule has 6 nitrogen and oxygen atoms in total. The van der Waals surface area contributed by atoms with Gasteiger partial charge in [-0.1, -0.05) is 60.0 Å². The largest absolute Gasteiger partial charge is 0.417 e. The fraction of sp³-hybridized carbons (Fsp3) is 0.345. The minimum absolute atomic E-state index is 0.135. The normalized spacial score (nSPS) is 14.6. The summed E-state index contributed by atoms with van der Waals surface area (Å²) < 4.78 is 68.4. The van der Waals surface area contributed by atoms with E-state index in [0.717, 1.165) is 48.5 Å². The number of carbonyl (C=O) groups is 1. The van der Waals surface area contributed by atoms with Crippen LogP contribution >= 0.6 is 11.6 Å². The molecule has 0 aromatic heterocycles. The van der Waals surface area contributed by atoms with Crippen molar-refractivity contribution in [2.75, 3.05) is 23.9 Å². The molecule has 0 atom stereocenters. The first-order valence-electron chi connectivity index (χ1n) is 13.0. The summed E-state index contributed by atoms with van der Waals surface area (Å²) in [6, 6.07) is 16.4. The van der Waals surface area contributed by atoms with Crippen LogP contribution in [0, 0.1) is 6.92 Å². The van der Waals surface area contributed by atoms with Crippen LogP contribution in [0.4, 0.5) is 18.9 Å². The van der Waals surface area contributed by atoms with Gasteiger partial charge in [-0.3, -0.25) is 14.0 Å². The van der Waals surface area contributed by atoms with Crippen LogP contribution in [0.25, 0.3) is 0 Å². The van der Waals surface area contributed by atoms with E-state index in [0.29, 0.717) is 10.4 Å². The topological polar surface area (TPSA) is 69.7 Å². The smallest absolute Gasteiger partial charge is 0.350 e. The Morgan fingerprint density at radius 3 is 2.20 bits per heavy atom. The van der Waals surface area contributed by atoms with Crippen molar-refractivity contribution in [2.24, 2.45) is 0 Å². The van der Waals surface area contributed by atoms with Gasteiger partial charge in [0, 0.05) is 13.1 Å². The molecule has 3 aromatic carbocycles. The van der Waals surface area contributed by atoms with Crippen LogP contribution in [0.5, 0.6) is 0 Å². The summed E-state index contributed by atoms with van der Waals surface area (Å²) in [6.07, 6.45) is -1.14. The molecule has 1 saturated heterocycles. The average molecular weight is 594 g/mol. The second-order valence-corrected chi connectivity index (χ2v) is 12.2. The predicted octanol–water partition coefficient (Wildman–Crippen LogP) is 6.16. The van der Waals surface area contributed by atoms with Gasteiger partial charge < -0.3 is 5.32 Å². The third-order valence-corrected chi connectivity index (χ3v) is 8.92. The van der Waals surface area contributed by atoms with Crippen LogP contribution in [0.3, 0.4) is 0 Å². The highest BCUT2D eigenvalue weighted by atomic mass is 35.5. The Kier molecular flexibility index (Phi) is 9.43. The molecular formula is C29H31ClF3N3O3S. The van der Waals surface area contributed by atoms with Gasteiger partial charge in [-0.2, -0.15) is 13.2 Å². The molecule has 4 rings (SSSR count). The van der Waals surface area contributed by atoms with Gasteiger partial charge in [0.05, 0.1) is 21.2 Å². The molecule has 1 heterocycles. The first-order valence-corrected chi connectivity index (χ1v) is 14.8. The van der Waals surface area contributed by atoms with E-state index in [1.165, 1.54) is 31.4 Å². The number of rotatable bonds is 9. The molecule has 214 valence electrons. The summed E-state index contributed by atoms with van der Waals surface area (Å²) >= 11 is 5.75. The summed E-state index contributed by atoms with van der Waals surface area (Å²) in [4.78, 5) is 15.2. The van der Waals surface area contributed by atoms with Gasteiger partial charge in [-0.05, 0) is 74.3 Å². The van der Waals surface area contributed by atoms with Crippen molar-refractivity contribution in [3.05, 3.63) is 94.0 Å². The Bertz CT molecular complexity index is 1420. The number of sulfonamides is 1. The second kappa shape index (κ2) is 12.6. The van der Waals surface area contributed by atoms with Crippen LogP contribution in [-0.2, 0) is 34.1 Å². The number of likely N-dealkylation sites (tertiary alicyclic amines) is 1. The molecule has 1 aliphatic heterocycles. The quantitative estimate of drug-likeness (QED) is 0.322. The Balaban J connectivity index is 1.51. The van der Waals surface area contributed by atoms with E-state index in [9.17, 15) is 26.4 Å². The van der Waals surface area contributed by atoms with Crippen LogP contribution in [0.15, 0.2) is 71.6 Å². The van der Waals surface area contributed by atoms with E-state index in [1.807, 2.05) is 24.3 Å². The Morgan fingerprint density at radius 2 is 1.57 bits per heavy atom. The number of alkyl halides is 3. The van der Waals surface area contributed by atoms with E-state index < -0.39 is 39.2 Å². The fourth-order valence-corrected chi connectivity index (χ4v) is 6.20. The molecular weight excluding hydrogens is 563 g/mol. The number of anilines is 1. The van der Waals surface area contributed by atoms with E-state index in [1.54, 1.807) is 19.1 Å². The lowest BCUT2D eigenvalue weighted by atomic mass is 10.1. The van der Waals surface area contributed by atoms with Gasteiger partial charge in [0.1, 0.15) is 6.54 Å². The van der Waals surface area contributed by atoms with E-state index >= 15 is 0 Å². The number of aryl methyl sites for hydroxylation is 1. The van der Waals surface area contributed by atoms with Crippen molar-refractivity contribution in [1.29, 1.82) is 0 Å². The number of halogens is 4. The van der Waals surface area contributed by atoms with Crippen molar-refractivity contribution < 1.29 is 26.4 Å². The lowest BCUT2D eigenvalue weighted by molar-refractivity contribution is -0.137. The molecule has 1 amide bonds. The van der Waals surface area contributed by atoms with Gasteiger partial charge in [-0.25, -0.2) is 8.42 Å². The highest BCUT2D eigenvalue weighted by Crippen LogP contribution is 2.38. The molecule has 1 fully saturated rings. The maximum atomic E-state index is 13.6. The van der Waals surface area contributed by atoms with Gasteiger partial charge in [0.25, 0.3) is 10.0 Å². The predicted molar refractivity (Wildman–Crippen MR) is 150 cm³/mol. The zero-order valence-electron chi connectivity index (χ0n) is 22.0. The molecule has 0 radical (unpaired) electrons. The number of nitrogens with one attached hydrogen (secondary N) is 1. The molecule has 3 aromatic rings. The SMILES string of the molecule is Cc1ccc(S(=O)(=O)N(CC(=O)NCc2ccc(CN3CCCCC3)cc2)c2ccc(Cl)c(C(F)(F)F)c2)cc1. The molecule has 0 unspecified atom stereocenters. The Hall–Kier alpha value is -3.08. The van der Waals surface area contributed by atoms with E-state index in [4.69, 9.17) is 11.6 Å². The Labute approximate surface area is 237 Å². The number of piperidine rings is 1. The van der Waals surface area contributed by atoms with Crippen molar-refractivity contribution in [1.82, 2.24) is 10.2 Å². The average Bonchev–Trinajstić information content (AvgIpc) is 2.92. The minimum atomic E-state index is -4.81. The highest BCUT2D eigenvalue weighted by molar-refractivity contribution is 7.92. The van der Waals surface area contributed by atoms with Crippen LogP contribution in [0.1, 0.15) is 41.5 Å². The standard InChI is InChI=1S/C29H31ClF3N3O3S/c1-21-5-12-25(13-6-21)40(38,39)36(24-11-14-27(30)26(17-24)29(31,32)33)20-28(37)34-18-22-7-9-23(10-8-22)19-35-15-3-2-4-16-35/h5-14,17H,2-4,15-16,18-20H2,1H3,(H,34,37). The third kappa shape index (κ3) is 7.56. The second-order valence-electron chi connectivity index (χ2n) is 9.92. The molecule has 0 spiro atoms. The third-order valence-electron chi connectivity index (χ3n) is 6.81. The molecule has 1 N–H and O–H groups in total. The molecule has 11 heteroatoms. The number of nitrogens with zero attached hydrogens (tertiary/aromatic N) is 2. The summed E-state index contributed by atoms with van der Waals surface area (Å²) in [5, 5.41) is 2.11. The maximum absolute atomic E-state index is 13.6. The van der Waals surface area contributed by atoms with Crippen molar-refractivity contribution in [2.45, 2.75) is 50.3 Å². The van der Waals surface area contributed by atoms with E-state index in [-0.39, 0.29) is 17.1 Å². The number of carbonyl (C=O) groups excluding carboxylic acids is 1. The van der Waals surface area contributed by atoms with E-state index in [2.05, 4.69) is 10.2 Å². The zero-order valence-corrected chi connectivity index (χ0v) is 23.6. The van der Waals surface area contributed by atoms with Gasteiger partial charge in [0.15, 0.2) is 0 Å². The van der Waals surface area contributed by atoms with Crippen LogP contribution in [0.2, 0.25) is 5.02 Å². The van der Waals surface area contributed by atoms with Gasteiger partial charge in [0.2, 0.25) is 5.91 Å². The molecule has 0 saturated carbocycles. The first-order chi connectivity index (χ1) is 18.9. The fourth-order valence-electron chi connectivity index (χ4n) is 4.56. The summed E-state index contributed by atoms with van der Waals surface area (Å²) in [6.45, 7) is 4.21. The van der Waals surface area contributed by atoms with Gasteiger partial charge in [-0.15, -0.1) is 0 Å².